The van der Waals surface area contributed by atoms with E-state index in [4.69, 9.17) is 0 Å². The largest absolute Gasteiger partial charge is 0.345 e. The van der Waals surface area contributed by atoms with E-state index in [1.165, 1.54) is 6.33 Å². The van der Waals surface area contributed by atoms with Crippen molar-refractivity contribution in [2.45, 2.75) is 6.54 Å². The normalized spacial score (nSPS) is 10.4. The van der Waals surface area contributed by atoms with Crippen LogP contribution in [-0.2, 0) is 6.54 Å². The van der Waals surface area contributed by atoms with Crippen molar-refractivity contribution in [1.82, 2.24) is 25.1 Å². The number of H-pyrrole nitrogens is 1. The van der Waals surface area contributed by atoms with E-state index in [1.807, 2.05) is 41.2 Å². The first-order chi connectivity index (χ1) is 9.83. The number of rotatable bonds is 4. The molecule has 2 aromatic heterocycles. The fraction of sp³-hybridized carbons (Fsp3) is 0.0714. The van der Waals surface area contributed by atoms with Crippen molar-refractivity contribution in [1.29, 1.82) is 0 Å². The van der Waals surface area contributed by atoms with Crippen molar-refractivity contribution < 1.29 is 4.79 Å². The van der Waals surface area contributed by atoms with E-state index in [0.717, 1.165) is 5.69 Å². The monoisotopic (exact) mass is 267 g/mol. The van der Waals surface area contributed by atoms with Crippen LogP contribution in [0.2, 0.25) is 0 Å². The second kappa shape index (κ2) is 5.40. The van der Waals surface area contributed by atoms with Crippen molar-refractivity contribution >= 4 is 5.91 Å². The zero-order valence-electron chi connectivity index (χ0n) is 10.7. The molecule has 0 aliphatic carbocycles. The predicted molar refractivity (Wildman–Crippen MR) is 73.3 cm³/mol. The van der Waals surface area contributed by atoms with Gasteiger partial charge in [-0.15, -0.1) is 0 Å². The molecule has 6 nitrogen and oxygen atoms in total. The predicted octanol–water partition coefficient (Wildman–Crippen LogP) is 1.53. The lowest BCUT2D eigenvalue weighted by atomic mass is 10.2. The Bertz CT molecular complexity index is 671. The number of nitrogens with zero attached hydrogens (tertiary/aromatic N) is 3. The Morgan fingerprint density at radius 1 is 1.20 bits per heavy atom. The molecule has 0 bridgehead atoms. The first kappa shape index (κ1) is 12.2. The van der Waals surface area contributed by atoms with E-state index < -0.39 is 0 Å². The molecule has 3 aromatic rings. The van der Waals surface area contributed by atoms with Crippen LogP contribution in [0.15, 0.2) is 55.1 Å². The van der Waals surface area contributed by atoms with Gasteiger partial charge in [0.25, 0.3) is 5.91 Å². The number of hydrogen-bond acceptors (Lipinski definition) is 3. The van der Waals surface area contributed by atoms with Gasteiger partial charge in [-0.1, -0.05) is 0 Å². The summed E-state index contributed by atoms with van der Waals surface area (Å²) in [5.74, 6) is 0.489. The summed E-state index contributed by atoms with van der Waals surface area (Å²) in [6.45, 7) is 0.332. The Labute approximate surface area is 115 Å². The van der Waals surface area contributed by atoms with Gasteiger partial charge >= 0.3 is 0 Å². The Morgan fingerprint density at radius 3 is 2.60 bits per heavy atom. The van der Waals surface area contributed by atoms with Crippen molar-refractivity contribution in [3.63, 3.8) is 0 Å². The SMILES string of the molecule is O=C(NCc1ncn[nH]1)c1ccc(-n2cccc2)cc1. The molecule has 0 saturated heterocycles. The van der Waals surface area contributed by atoms with Crippen molar-refractivity contribution in [3.8, 4) is 5.69 Å². The minimum Gasteiger partial charge on any atom is -0.345 e. The van der Waals surface area contributed by atoms with E-state index in [2.05, 4.69) is 20.5 Å². The van der Waals surface area contributed by atoms with Crippen molar-refractivity contribution in [2.75, 3.05) is 0 Å². The molecule has 0 radical (unpaired) electrons. The molecule has 100 valence electrons. The van der Waals surface area contributed by atoms with Gasteiger partial charge < -0.3 is 9.88 Å². The maximum absolute atomic E-state index is 12.0. The molecule has 6 heteroatoms. The zero-order chi connectivity index (χ0) is 13.8. The summed E-state index contributed by atoms with van der Waals surface area (Å²) in [5.41, 5.74) is 1.63. The lowest BCUT2D eigenvalue weighted by Gasteiger charge is -2.06. The number of carbonyl (C=O) groups is 1. The van der Waals surface area contributed by atoms with Crippen LogP contribution < -0.4 is 5.32 Å². The molecule has 0 aliphatic heterocycles. The Kier molecular flexibility index (Phi) is 3.28. The second-order valence-corrected chi connectivity index (χ2v) is 4.25. The van der Waals surface area contributed by atoms with Gasteiger partial charge in [-0.2, -0.15) is 5.10 Å². The van der Waals surface area contributed by atoms with Crippen LogP contribution in [-0.4, -0.2) is 25.7 Å². The van der Waals surface area contributed by atoms with Gasteiger partial charge in [0.15, 0.2) is 0 Å². The summed E-state index contributed by atoms with van der Waals surface area (Å²) in [7, 11) is 0. The standard InChI is InChI=1S/C14H13N5O/c20-14(15-9-13-16-10-17-18-13)11-3-5-12(6-4-11)19-7-1-2-8-19/h1-8,10H,9H2,(H,15,20)(H,16,17,18). The van der Waals surface area contributed by atoms with E-state index in [0.29, 0.717) is 17.9 Å². The molecular weight excluding hydrogens is 254 g/mol. The van der Waals surface area contributed by atoms with Gasteiger partial charge in [-0.25, -0.2) is 4.98 Å². The molecule has 1 aromatic carbocycles. The molecule has 2 heterocycles. The first-order valence-corrected chi connectivity index (χ1v) is 6.19. The summed E-state index contributed by atoms with van der Waals surface area (Å²) >= 11 is 0. The number of amides is 1. The van der Waals surface area contributed by atoms with Gasteiger partial charge in [0.1, 0.15) is 12.2 Å². The molecule has 0 saturated carbocycles. The van der Waals surface area contributed by atoms with Gasteiger partial charge in [-0.05, 0) is 36.4 Å². The van der Waals surface area contributed by atoms with Crippen LogP contribution >= 0.6 is 0 Å². The van der Waals surface area contributed by atoms with Gasteiger partial charge in [0.05, 0.1) is 6.54 Å². The maximum Gasteiger partial charge on any atom is 0.251 e. The summed E-state index contributed by atoms with van der Waals surface area (Å²) in [6, 6.07) is 11.3. The van der Waals surface area contributed by atoms with E-state index >= 15 is 0 Å². The number of carbonyl (C=O) groups excluding carboxylic acids is 1. The summed E-state index contributed by atoms with van der Waals surface area (Å²) in [5, 5.41) is 9.19. The minimum absolute atomic E-state index is 0.138. The quantitative estimate of drug-likeness (QED) is 0.752. The van der Waals surface area contributed by atoms with E-state index in [1.54, 1.807) is 12.1 Å². The third kappa shape index (κ3) is 2.59. The van der Waals surface area contributed by atoms with Crippen LogP contribution in [0.5, 0.6) is 0 Å². The molecule has 0 spiro atoms. The van der Waals surface area contributed by atoms with E-state index in [-0.39, 0.29) is 5.91 Å². The summed E-state index contributed by atoms with van der Waals surface area (Å²) in [6.07, 6.45) is 5.32. The van der Waals surface area contributed by atoms with Crippen LogP contribution in [0.3, 0.4) is 0 Å². The number of nitrogens with one attached hydrogen (secondary N) is 2. The number of benzene rings is 1. The second-order valence-electron chi connectivity index (χ2n) is 4.25. The highest BCUT2D eigenvalue weighted by atomic mass is 16.1. The van der Waals surface area contributed by atoms with Crippen molar-refractivity contribution in [2.24, 2.45) is 0 Å². The number of aromatic nitrogens is 4. The molecule has 0 unspecified atom stereocenters. The van der Waals surface area contributed by atoms with Crippen LogP contribution in [0.4, 0.5) is 0 Å². The van der Waals surface area contributed by atoms with Gasteiger partial charge in [-0.3, -0.25) is 9.89 Å². The van der Waals surface area contributed by atoms with Crippen LogP contribution in [0, 0.1) is 0 Å². The molecular formula is C14H13N5O. The average molecular weight is 267 g/mol. The fourth-order valence-electron chi connectivity index (χ4n) is 1.87. The van der Waals surface area contributed by atoms with Crippen molar-refractivity contribution in [3.05, 3.63) is 66.5 Å². The molecule has 0 aliphatic rings. The number of hydrogen-bond donors (Lipinski definition) is 2. The number of aromatic amines is 1. The first-order valence-electron chi connectivity index (χ1n) is 6.19. The van der Waals surface area contributed by atoms with Gasteiger partial charge in [0.2, 0.25) is 0 Å². The van der Waals surface area contributed by atoms with Gasteiger partial charge in [0, 0.05) is 23.6 Å². The van der Waals surface area contributed by atoms with Crippen LogP contribution in [0.25, 0.3) is 5.69 Å². The molecule has 0 fully saturated rings. The topological polar surface area (TPSA) is 75.6 Å². The Morgan fingerprint density at radius 2 is 1.95 bits per heavy atom. The smallest absolute Gasteiger partial charge is 0.251 e. The van der Waals surface area contributed by atoms with E-state index in [9.17, 15) is 4.79 Å². The highest BCUT2D eigenvalue weighted by Crippen LogP contribution is 2.10. The summed E-state index contributed by atoms with van der Waals surface area (Å²) in [4.78, 5) is 15.9. The lowest BCUT2D eigenvalue weighted by molar-refractivity contribution is 0.0950. The van der Waals surface area contributed by atoms with Crippen LogP contribution in [0.1, 0.15) is 16.2 Å². The molecule has 3 rings (SSSR count). The maximum atomic E-state index is 12.0. The summed E-state index contributed by atoms with van der Waals surface area (Å²) < 4.78 is 1.98. The third-order valence-electron chi connectivity index (χ3n) is 2.91. The molecule has 2 N–H and O–H groups in total. The third-order valence-corrected chi connectivity index (χ3v) is 2.91. The zero-order valence-corrected chi connectivity index (χ0v) is 10.7. The molecule has 20 heavy (non-hydrogen) atoms. The highest BCUT2D eigenvalue weighted by Gasteiger charge is 2.06. The minimum atomic E-state index is -0.138. The Balaban J connectivity index is 1.66. The molecule has 1 amide bonds. The fourth-order valence-corrected chi connectivity index (χ4v) is 1.87. The highest BCUT2D eigenvalue weighted by molar-refractivity contribution is 5.94. The Hall–Kier alpha value is -2.89. The molecule has 0 atom stereocenters. The lowest BCUT2D eigenvalue weighted by Crippen LogP contribution is -2.23. The average Bonchev–Trinajstić information content (AvgIpc) is 3.18.